The van der Waals surface area contributed by atoms with E-state index in [0.29, 0.717) is 12.8 Å². The number of carbonyl (C=O) groups is 1. The van der Waals surface area contributed by atoms with Crippen LogP contribution in [-0.2, 0) is 14.3 Å². The van der Waals surface area contributed by atoms with Gasteiger partial charge in [-0.15, -0.1) is 0 Å². The minimum atomic E-state index is -1.67. The van der Waals surface area contributed by atoms with Crippen LogP contribution in [0.2, 0.25) is 0 Å². The lowest BCUT2D eigenvalue weighted by Crippen LogP contribution is -2.60. The van der Waals surface area contributed by atoms with Gasteiger partial charge in [-0.1, -0.05) is 341 Å². The molecule has 0 aromatic heterocycles. The fourth-order valence-electron chi connectivity index (χ4n) is 12.0. The predicted octanol–water partition coefficient (Wildman–Crippen LogP) is 17.4. The number of allylic oxidation sites excluding steroid dienone is 2. The predicted molar refractivity (Wildman–Crippen MR) is 344 cm³/mol. The van der Waals surface area contributed by atoms with E-state index in [4.69, 9.17) is 9.47 Å². The number of aliphatic hydroxyl groups is 7. The van der Waals surface area contributed by atoms with E-state index in [2.05, 4.69) is 31.3 Å². The largest absolute Gasteiger partial charge is 0.394 e. The summed E-state index contributed by atoms with van der Waals surface area (Å²) in [4.78, 5) is 13.3. The molecule has 0 aromatic carbocycles. The average molecular weight is 1170 g/mol. The van der Waals surface area contributed by atoms with Crippen molar-refractivity contribution in [3.05, 3.63) is 12.2 Å². The highest BCUT2D eigenvalue weighted by Gasteiger charge is 2.44. The third-order valence-electron chi connectivity index (χ3n) is 17.8. The van der Waals surface area contributed by atoms with E-state index in [1.807, 2.05) is 0 Å². The third-order valence-corrected chi connectivity index (χ3v) is 17.8. The maximum Gasteiger partial charge on any atom is 0.249 e. The van der Waals surface area contributed by atoms with Crippen molar-refractivity contribution in [3.63, 3.8) is 0 Å². The van der Waals surface area contributed by atoms with Crippen molar-refractivity contribution in [2.45, 2.75) is 422 Å². The van der Waals surface area contributed by atoms with Gasteiger partial charge in [0.2, 0.25) is 5.91 Å². The second kappa shape index (κ2) is 60.1. The number of hydrogen-bond donors (Lipinski definition) is 8. The van der Waals surface area contributed by atoms with E-state index >= 15 is 0 Å². The van der Waals surface area contributed by atoms with Crippen molar-refractivity contribution < 1.29 is 50.0 Å². The molecule has 9 atom stereocenters. The van der Waals surface area contributed by atoms with Crippen LogP contribution in [-0.4, -0.2) is 110 Å². The summed E-state index contributed by atoms with van der Waals surface area (Å²) in [5.74, 6) is -0.697. The maximum absolute atomic E-state index is 13.3. The van der Waals surface area contributed by atoms with Gasteiger partial charge in [-0.3, -0.25) is 4.79 Å². The molecule has 1 rings (SSSR count). The molecule has 0 bridgehead atoms. The fourth-order valence-corrected chi connectivity index (χ4v) is 12.0. The molecule has 1 heterocycles. The molecule has 8 N–H and O–H groups in total. The first-order chi connectivity index (χ1) is 40.2. The zero-order valence-corrected chi connectivity index (χ0v) is 54.0. The second-order valence-corrected chi connectivity index (χ2v) is 25.7. The number of aliphatic hydroxyl groups excluding tert-OH is 7. The minimum Gasteiger partial charge on any atom is -0.394 e. The van der Waals surface area contributed by atoms with Crippen LogP contribution in [0.5, 0.6) is 0 Å². The Morgan fingerprint density at radius 3 is 1.05 bits per heavy atom. The Labute approximate surface area is 506 Å². The van der Waals surface area contributed by atoms with Gasteiger partial charge in [0.25, 0.3) is 0 Å². The first-order valence-corrected chi connectivity index (χ1v) is 36.1. The summed E-state index contributed by atoms with van der Waals surface area (Å²) in [6.07, 6.45) is 63.1. The van der Waals surface area contributed by atoms with Crippen LogP contribution >= 0.6 is 0 Å². The van der Waals surface area contributed by atoms with Gasteiger partial charge in [0.1, 0.15) is 36.6 Å². The zero-order valence-electron chi connectivity index (χ0n) is 54.0. The molecule has 0 spiro atoms. The molecule has 9 unspecified atom stereocenters. The molecule has 11 nitrogen and oxygen atoms in total. The topological polar surface area (TPSA) is 189 Å². The monoisotopic (exact) mass is 1170 g/mol. The molecule has 0 saturated carbocycles. The molecule has 1 aliphatic rings. The summed E-state index contributed by atoms with van der Waals surface area (Å²) in [6, 6.07) is -1.18. The molecule has 0 radical (unpaired) electrons. The lowest BCUT2D eigenvalue weighted by Gasteiger charge is -2.40. The molecule has 82 heavy (non-hydrogen) atoms. The van der Waals surface area contributed by atoms with Crippen molar-refractivity contribution >= 4 is 5.91 Å². The number of ether oxygens (including phenoxy) is 2. The summed E-state index contributed by atoms with van der Waals surface area (Å²) >= 11 is 0. The van der Waals surface area contributed by atoms with Crippen molar-refractivity contribution in [1.29, 1.82) is 0 Å². The number of unbranched alkanes of at least 4 members (excludes halogenated alkanes) is 50. The number of nitrogens with one attached hydrogen (secondary N) is 1. The van der Waals surface area contributed by atoms with E-state index in [-0.39, 0.29) is 12.8 Å². The Morgan fingerprint density at radius 1 is 0.415 bits per heavy atom. The zero-order chi connectivity index (χ0) is 59.6. The van der Waals surface area contributed by atoms with Gasteiger partial charge in [0.05, 0.1) is 25.4 Å². The van der Waals surface area contributed by atoms with Crippen molar-refractivity contribution in [2.75, 3.05) is 13.2 Å². The highest BCUT2D eigenvalue weighted by atomic mass is 16.7. The van der Waals surface area contributed by atoms with Crippen molar-refractivity contribution in [1.82, 2.24) is 5.32 Å². The Morgan fingerprint density at radius 2 is 0.720 bits per heavy atom. The number of carbonyl (C=O) groups excluding carboxylic acids is 1. The van der Waals surface area contributed by atoms with Crippen molar-refractivity contribution in [3.8, 4) is 0 Å². The van der Waals surface area contributed by atoms with Gasteiger partial charge in [-0.05, 0) is 38.5 Å². The Balaban J connectivity index is 2.18. The highest BCUT2D eigenvalue weighted by Crippen LogP contribution is 2.24. The second-order valence-electron chi connectivity index (χ2n) is 25.7. The van der Waals surface area contributed by atoms with Gasteiger partial charge in [0.15, 0.2) is 6.29 Å². The Kier molecular flexibility index (Phi) is 57.8. The fraction of sp³-hybridized carbons (Fsp3) is 0.958. The molecule has 1 aliphatic heterocycles. The molecule has 1 amide bonds. The number of amides is 1. The van der Waals surface area contributed by atoms with Gasteiger partial charge < -0.3 is 50.5 Å². The minimum absolute atomic E-state index is 0.260. The highest BCUT2D eigenvalue weighted by molar-refractivity contribution is 5.80. The number of hydrogen-bond acceptors (Lipinski definition) is 10. The normalized spacial score (nSPS) is 19.1. The van der Waals surface area contributed by atoms with E-state index < -0.39 is 74.2 Å². The van der Waals surface area contributed by atoms with Crippen LogP contribution in [0.3, 0.4) is 0 Å². The lowest BCUT2D eigenvalue weighted by molar-refractivity contribution is -0.303. The van der Waals surface area contributed by atoms with Gasteiger partial charge in [-0.2, -0.15) is 0 Å². The summed E-state index contributed by atoms with van der Waals surface area (Å²) in [5.41, 5.74) is 0. The Bertz CT molecular complexity index is 1340. The van der Waals surface area contributed by atoms with Crippen LogP contribution in [0, 0.1) is 0 Å². The Hall–Kier alpha value is -1.15. The van der Waals surface area contributed by atoms with Crippen LogP contribution in [0.1, 0.15) is 367 Å². The quantitative estimate of drug-likeness (QED) is 0.0215. The van der Waals surface area contributed by atoms with Gasteiger partial charge >= 0.3 is 0 Å². The summed E-state index contributed by atoms with van der Waals surface area (Å²) in [5, 5.41) is 76.5. The van der Waals surface area contributed by atoms with Gasteiger partial charge in [0, 0.05) is 0 Å². The molecule has 488 valence electrons. The summed E-state index contributed by atoms with van der Waals surface area (Å²) in [7, 11) is 0. The molecule has 1 fully saturated rings. The summed E-state index contributed by atoms with van der Waals surface area (Å²) < 4.78 is 11.2. The number of rotatable bonds is 64. The van der Waals surface area contributed by atoms with Crippen molar-refractivity contribution in [2.24, 2.45) is 0 Å². The van der Waals surface area contributed by atoms with Crippen LogP contribution in [0.4, 0.5) is 0 Å². The standard InChI is InChI=1S/C71H139NO10/c1-3-5-7-9-11-13-15-17-19-21-23-25-27-29-30-31-32-33-34-35-37-39-41-43-45-47-49-51-53-55-57-59-64(75)70(80)72-62(61-81-71-69(79)68(78)67(77)65(60-73)82-71)66(76)63(74)58-56-54-52-50-48-46-44-42-40-38-36-28-26-24-22-20-18-16-14-12-10-8-6-4-2/h50,52,62-69,71,73-79H,3-49,51,53-61H2,1-2H3,(H,72,80)/b52-50+. The molecular weight excluding hydrogens is 1030 g/mol. The lowest BCUT2D eigenvalue weighted by atomic mass is 9.98. The first kappa shape index (κ1) is 78.9. The van der Waals surface area contributed by atoms with E-state index in [9.17, 15) is 40.5 Å². The molecule has 11 heteroatoms. The molecule has 0 aromatic rings. The van der Waals surface area contributed by atoms with E-state index in [1.54, 1.807) is 0 Å². The van der Waals surface area contributed by atoms with E-state index in [1.165, 1.54) is 289 Å². The van der Waals surface area contributed by atoms with Crippen LogP contribution in [0.25, 0.3) is 0 Å². The molecular formula is C71H139NO10. The van der Waals surface area contributed by atoms with Crippen LogP contribution in [0.15, 0.2) is 12.2 Å². The molecule has 0 aliphatic carbocycles. The molecule has 1 saturated heterocycles. The first-order valence-electron chi connectivity index (χ1n) is 36.1. The van der Waals surface area contributed by atoms with E-state index in [0.717, 1.165) is 38.5 Å². The smallest absolute Gasteiger partial charge is 0.249 e. The SMILES string of the molecule is CCCCCCCCCCCCCCCCCCCCC/C=C/CCCC(O)C(O)C(COC1OC(CO)C(O)C(O)C1O)NC(=O)C(O)CCCCCCCCCCCCCCCCCCCCCCCCCCCCCCCCC. The third kappa shape index (κ3) is 47.0. The maximum atomic E-state index is 13.3. The van der Waals surface area contributed by atoms with Crippen LogP contribution < -0.4 is 5.32 Å². The summed E-state index contributed by atoms with van der Waals surface area (Å²) in [6.45, 7) is 3.51. The average Bonchev–Trinajstić information content (AvgIpc) is 3.53. The van der Waals surface area contributed by atoms with Gasteiger partial charge in [-0.25, -0.2) is 0 Å².